The normalized spacial score (nSPS) is 11.6. The van der Waals surface area contributed by atoms with Gasteiger partial charge in [0.05, 0.1) is 13.2 Å². The van der Waals surface area contributed by atoms with Crippen molar-refractivity contribution in [1.82, 2.24) is 0 Å². The molecule has 24 heavy (non-hydrogen) atoms. The highest BCUT2D eigenvalue weighted by Crippen LogP contribution is 2.12. The van der Waals surface area contributed by atoms with E-state index in [0.29, 0.717) is 11.8 Å². The molecule has 0 heterocycles. The maximum Gasteiger partial charge on any atom is 0.379 e. The number of hydrogen-bond donors (Lipinski definition) is 2. The number of rotatable bonds is 8. The third-order valence-corrected chi connectivity index (χ3v) is 2.67. The molecule has 0 amide bonds. The molecule has 7 nitrogen and oxygen atoms in total. The average molecular weight is 333 g/mol. The molecule has 0 radical (unpaired) electrons. The molecule has 1 aromatic carbocycles. The molecule has 0 bridgehead atoms. The molecule has 2 N–H and O–H groups in total. The fourth-order valence-corrected chi connectivity index (χ4v) is 1.60. The van der Waals surface area contributed by atoms with Gasteiger partial charge in [0.25, 0.3) is 5.78 Å². The molecular weight excluding hydrogens is 314 g/mol. The Balaban J connectivity index is 3.02. The van der Waals surface area contributed by atoms with Crippen LogP contribution in [0.25, 0.3) is 0 Å². The Morgan fingerprint density at radius 2 is 1.62 bits per heavy atom. The Hall–Kier alpha value is -3.09. The first-order valence-electron chi connectivity index (χ1n) is 7.30. The van der Waals surface area contributed by atoms with Crippen molar-refractivity contribution in [2.24, 2.45) is 0 Å². The molecule has 1 aromatic rings. The summed E-state index contributed by atoms with van der Waals surface area (Å²) < 4.78 is 9.35. The van der Waals surface area contributed by atoms with E-state index in [2.05, 4.69) is 10.1 Å². The third-order valence-electron chi connectivity index (χ3n) is 2.67. The van der Waals surface area contributed by atoms with Gasteiger partial charge in [0, 0.05) is 18.0 Å². The lowest BCUT2D eigenvalue weighted by Crippen LogP contribution is -2.17. The van der Waals surface area contributed by atoms with Crippen LogP contribution in [-0.2, 0) is 23.9 Å². The first kappa shape index (κ1) is 19.0. The van der Waals surface area contributed by atoms with Crippen LogP contribution in [0.5, 0.6) is 0 Å². The summed E-state index contributed by atoms with van der Waals surface area (Å²) >= 11 is 0. The van der Waals surface area contributed by atoms with Crippen LogP contribution in [-0.4, -0.2) is 36.0 Å². The zero-order valence-electron chi connectivity index (χ0n) is 13.4. The smallest absolute Gasteiger partial charge is 0.379 e. The van der Waals surface area contributed by atoms with Gasteiger partial charge in [-0.15, -0.1) is 0 Å². The van der Waals surface area contributed by atoms with Crippen molar-refractivity contribution in [2.45, 2.75) is 13.8 Å². The SMILES string of the molecule is CCOC(=O)C(=O)/C=C(O)/C(=C\Nc1ccccc1)C(=O)OCC. The van der Waals surface area contributed by atoms with E-state index >= 15 is 0 Å². The summed E-state index contributed by atoms with van der Waals surface area (Å²) in [6.45, 7) is 3.25. The van der Waals surface area contributed by atoms with Crippen molar-refractivity contribution < 1.29 is 29.0 Å². The monoisotopic (exact) mass is 333 g/mol. The van der Waals surface area contributed by atoms with Gasteiger partial charge in [-0.1, -0.05) is 18.2 Å². The van der Waals surface area contributed by atoms with Crippen molar-refractivity contribution in [3.05, 3.63) is 53.9 Å². The highest BCUT2D eigenvalue weighted by atomic mass is 16.5. The van der Waals surface area contributed by atoms with Gasteiger partial charge in [-0.05, 0) is 26.0 Å². The second kappa shape index (κ2) is 9.83. The lowest BCUT2D eigenvalue weighted by molar-refractivity contribution is -0.151. The van der Waals surface area contributed by atoms with Crippen LogP contribution < -0.4 is 5.32 Å². The number of aliphatic hydroxyl groups excluding tert-OH is 1. The lowest BCUT2D eigenvalue weighted by atomic mass is 10.2. The average Bonchev–Trinajstić information content (AvgIpc) is 2.56. The number of hydrogen-bond acceptors (Lipinski definition) is 7. The summed E-state index contributed by atoms with van der Waals surface area (Å²) in [7, 11) is 0. The summed E-state index contributed by atoms with van der Waals surface area (Å²) in [6, 6.07) is 8.85. The minimum atomic E-state index is -1.12. The summed E-state index contributed by atoms with van der Waals surface area (Å²) in [5.41, 5.74) is 0.363. The first-order chi connectivity index (χ1) is 11.5. The molecule has 0 aliphatic heterocycles. The number of anilines is 1. The van der Waals surface area contributed by atoms with Crippen molar-refractivity contribution >= 4 is 23.4 Å². The van der Waals surface area contributed by atoms with E-state index in [1.165, 1.54) is 6.20 Å². The number of benzene rings is 1. The van der Waals surface area contributed by atoms with Crippen molar-refractivity contribution in [3.63, 3.8) is 0 Å². The van der Waals surface area contributed by atoms with Crippen molar-refractivity contribution in [1.29, 1.82) is 0 Å². The van der Waals surface area contributed by atoms with Crippen LogP contribution in [0.4, 0.5) is 5.69 Å². The molecule has 0 unspecified atom stereocenters. The van der Waals surface area contributed by atoms with E-state index in [0.717, 1.165) is 0 Å². The molecule has 0 fully saturated rings. The Bertz CT molecular complexity index is 648. The molecule has 0 spiro atoms. The second-order valence-corrected chi connectivity index (χ2v) is 4.40. The summed E-state index contributed by atoms with van der Waals surface area (Å²) in [4.78, 5) is 34.8. The molecule has 7 heteroatoms. The largest absolute Gasteiger partial charge is 0.507 e. The van der Waals surface area contributed by atoms with Crippen LogP contribution in [0.2, 0.25) is 0 Å². The van der Waals surface area contributed by atoms with Crippen molar-refractivity contribution in [3.8, 4) is 0 Å². The van der Waals surface area contributed by atoms with Crippen LogP contribution in [0.15, 0.2) is 53.9 Å². The van der Waals surface area contributed by atoms with Gasteiger partial charge in [-0.2, -0.15) is 0 Å². The van der Waals surface area contributed by atoms with E-state index in [-0.39, 0.29) is 18.8 Å². The van der Waals surface area contributed by atoms with E-state index in [4.69, 9.17) is 4.74 Å². The minimum absolute atomic E-state index is 0.0231. The molecule has 0 saturated carbocycles. The second-order valence-electron chi connectivity index (χ2n) is 4.40. The highest BCUT2D eigenvalue weighted by Gasteiger charge is 2.19. The zero-order chi connectivity index (χ0) is 17.9. The van der Waals surface area contributed by atoms with Gasteiger partial charge in [-0.3, -0.25) is 4.79 Å². The third kappa shape index (κ3) is 5.96. The van der Waals surface area contributed by atoms with Gasteiger partial charge in [0.15, 0.2) is 0 Å². The summed E-state index contributed by atoms with van der Waals surface area (Å²) in [5.74, 6) is -3.74. The van der Waals surface area contributed by atoms with E-state index in [9.17, 15) is 19.5 Å². The predicted octanol–water partition coefficient (Wildman–Crippen LogP) is 2.12. The summed E-state index contributed by atoms with van der Waals surface area (Å²) in [5, 5.41) is 12.8. The maximum absolute atomic E-state index is 11.9. The number of carbonyl (C=O) groups excluding carboxylic acids is 3. The van der Waals surface area contributed by atoms with Gasteiger partial charge in [0.1, 0.15) is 11.3 Å². The number of nitrogens with one attached hydrogen (secondary N) is 1. The number of esters is 2. The number of carbonyl (C=O) groups is 3. The Morgan fingerprint density at radius 3 is 2.21 bits per heavy atom. The molecule has 0 aromatic heterocycles. The topological polar surface area (TPSA) is 102 Å². The quantitative estimate of drug-likeness (QED) is 0.247. The standard InChI is InChI=1S/C17H19NO6/c1-3-23-16(21)13(11-18-12-8-6-5-7-9-12)14(19)10-15(20)17(22)24-4-2/h5-11,18-19H,3-4H2,1-2H3/b13-11+,14-10-. The minimum Gasteiger partial charge on any atom is -0.507 e. The number of aliphatic hydroxyl groups is 1. The van der Waals surface area contributed by atoms with Gasteiger partial charge in [-0.25, -0.2) is 9.59 Å². The molecule has 0 aliphatic carbocycles. The van der Waals surface area contributed by atoms with Gasteiger partial charge in [0.2, 0.25) is 0 Å². The molecule has 0 atom stereocenters. The van der Waals surface area contributed by atoms with E-state index in [1.807, 2.05) is 6.07 Å². The lowest BCUT2D eigenvalue weighted by Gasteiger charge is -2.08. The Labute approximate surface area is 139 Å². The molecular formula is C17H19NO6. The van der Waals surface area contributed by atoms with Crippen LogP contribution >= 0.6 is 0 Å². The fraction of sp³-hybridized carbons (Fsp3) is 0.235. The van der Waals surface area contributed by atoms with Crippen LogP contribution in [0, 0.1) is 0 Å². The number of ether oxygens (including phenoxy) is 2. The number of para-hydroxylation sites is 1. The van der Waals surface area contributed by atoms with Crippen molar-refractivity contribution in [2.75, 3.05) is 18.5 Å². The molecule has 1 rings (SSSR count). The van der Waals surface area contributed by atoms with Gasteiger partial charge < -0.3 is 19.9 Å². The Morgan fingerprint density at radius 1 is 1.04 bits per heavy atom. The zero-order valence-corrected chi connectivity index (χ0v) is 13.4. The van der Waals surface area contributed by atoms with E-state index in [1.54, 1.807) is 38.1 Å². The molecule has 0 aliphatic rings. The Kier molecular flexibility index (Phi) is 7.77. The predicted molar refractivity (Wildman–Crippen MR) is 87.1 cm³/mol. The highest BCUT2D eigenvalue weighted by molar-refractivity contribution is 6.38. The fourth-order valence-electron chi connectivity index (χ4n) is 1.60. The number of ketones is 1. The first-order valence-corrected chi connectivity index (χ1v) is 7.30. The maximum atomic E-state index is 11.9. The van der Waals surface area contributed by atoms with Gasteiger partial charge >= 0.3 is 11.9 Å². The molecule has 128 valence electrons. The van der Waals surface area contributed by atoms with Crippen LogP contribution in [0.1, 0.15) is 13.8 Å². The molecule has 0 saturated heterocycles. The van der Waals surface area contributed by atoms with E-state index < -0.39 is 23.5 Å². The van der Waals surface area contributed by atoms with Crippen LogP contribution in [0.3, 0.4) is 0 Å². The summed E-state index contributed by atoms with van der Waals surface area (Å²) in [6.07, 6.45) is 1.81.